The summed E-state index contributed by atoms with van der Waals surface area (Å²) in [5.74, 6) is -0.387. The zero-order valence-corrected chi connectivity index (χ0v) is 8.52. The van der Waals surface area contributed by atoms with E-state index in [1.165, 1.54) is 0 Å². The summed E-state index contributed by atoms with van der Waals surface area (Å²) < 4.78 is 9.41. The molecule has 0 fully saturated rings. The van der Waals surface area contributed by atoms with Crippen molar-refractivity contribution in [2.45, 2.75) is 13.3 Å². The molecule has 1 aromatic heterocycles. The molecule has 0 bridgehead atoms. The molecule has 7 nitrogen and oxygen atoms in total. The predicted molar refractivity (Wildman–Crippen MR) is 52.2 cm³/mol. The van der Waals surface area contributed by atoms with Gasteiger partial charge in [-0.2, -0.15) is 0 Å². The Bertz CT molecular complexity index is 313. The molecule has 0 saturated heterocycles. The SMILES string of the molecule is CCOCCCNC(=O)c1nonc1N. The molecule has 7 heteroatoms. The van der Waals surface area contributed by atoms with Crippen molar-refractivity contribution in [3.8, 4) is 0 Å². The summed E-state index contributed by atoms with van der Waals surface area (Å²) in [4.78, 5) is 11.4. The van der Waals surface area contributed by atoms with E-state index in [4.69, 9.17) is 10.5 Å². The molecule has 0 radical (unpaired) electrons. The first kappa shape index (κ1) is 11.4. The number of amides is 1. The highest BCUT2D eigenvalue weighted by Gasteiger charge is 2.14. The summed E-state index contributed by atoms with van der Waals surface area (Å²) >= 11 is 0. The van der Waals surface area contributed by atoms with E-state index in [1.54, 1.807) is 0 Å². The van der Waals surface area contributed by atoms with Crippen molar-refractivity contribution >= 4 is 11.7 Å². The largest absolute Gasteiger partial charge is 0.382 e. The summed E-state index contributed by atoms with van der Waals surface area (Å²) in [7, 11) is 0. The van der Waals surface area contributed by atoms with Crippen molar-refractivity contribution in [1.29, 1.82) is 0 Å². The number of rotatable bonds is 6. The maximum Gasteiger partial charge on any atom is 0.277 e. The highest BCUT2D eigenvalue weighted by molar-refractivity contribution is 5.95. The van der Waals surface area contributed by atoms with Gasteiger partial charge in [-0.15, -0.1) is 0 Å². The second-order valence-electron chi connectivity index (χ2n) is 2.80. The minimum absolute atomic E-state index is 0.00249. The lowest BCUT2D eigenvalue weighted by Gasteiger charge is -2.02. The highest BCUT2D eigenvalue weighted by atomic mass is 16.6. The van der Waals surface area contributed by atoms with E-state index in [9.17, 15) is 4.79 Å². The van der Waals surface area contributed by atoms with Crippen LogP contribution in [0.1, 0.15) is 23.8 Å². The quantitative estimate of drug-likeness (QED) is 0.636. The van der Waals surface area contributed by atoms with Crippen LogP contribution in [0.2, 0.25) is 0 Å². The van der Waals surface area contributed by atoms with Crippen molar-refractivity contribution in [3.63, 3.8) is 0 Å². The van der Waals surface area contributed by atoms with Gasteiger partial charge in [0.15, 0.2) is 0 Å². The molecule has 15 heavy (non-hydrogen) atoms. The number of hydrogen-bond donors (Lipinski definition) is 2. The van der Waals surface area contributed by atoms with Crippen molar-refractivity contribution in [1.82, 2.24) is 15.6 Å². The molecule has 0 saturated carbocycles. The van der Waals surface area contributed by atoms with Crippen molar-refractivity contribution < 1.29 is 14.2 Å². The van der Waals surface area contributed by atoms with E-state index in [1.807, 2.05) is 6.92 Å². The Morgan fingerprint density at radius 1 is 1.60 bits per heavy atom. The molecule has 3 N–H and O–H groups in total. The van der Waals surface area contributed by atoms with Gasteiger partial charge in [0, 0.05) is 19.8 Å². The summed E-state index contributed by atoms with van der Waals surface area (Å²) in [5, 5.41) is 9.30. The lowest BCUT2D eigenvalue weighted by Crippen LogP contribution is -2.26. The van der Waals surface area contributed by atoms with Gasteiger partial charge in [0.2, 0.25) is 11.5 Å². The molecule has 84 valence electrons. The van der Waals surface area contributed by atoms with E-state index < -0.39 is 0 Å². The Balaban J connectivity index is 2.22. The second-order valence-corrected chi connectivity index (χ2v) is 2.80. The van der Waals surface area contributed by atoms with E-state index in [-0.39, 0.29) is 17.4 Å². The minimum atomic E-state index is -0.384. The molecule has 0 unspecified atom stereocenters. The lowest BCUT2D eigenvalue weighted by atomic mass is 10.4. The van der Waals surface area contributed by atoms with Crippen LogP contribution in [0.15, 0.2) is 4.63 Å². The van der Waals surface area contributed by atoms with Crippen LogP contribution in [-0.2, 0) is 4.74 Å². The average molecular weight is 214 g/mol. The van der Waals surface area contributed by atoms with Gasteiger partial charge in [0.05, 0.1) is 0 Å². The van der Waals surface area contributed by atoms with Gasteiger partial charge in [0.1, 0.15) is 0 Å². The molecule has 0 atom stereocenters. The first-order chi connectivity index (χ1) is 7.25. The summed E-state index contributed by atoms with van der Waals surface area (Å²) in [6, 6.07) is 0. The third-order valence-electron chi connectivity index (χ3n) is 1.68. The van der Waals surface area contributed by atoms with Crippen LogP contribution in [0.3, 0.4) is 0 Å². The number of nitrogens with zero attached hydrogens (tertiary/aromatic N) is 2. The first-order valence-corrected chi connectivity index (χ1v) is 4.69. The average Bonchev–Trinajstić information content (AvgIpc) is 2.64. The number of carbonyl (C=O) groups excluding carboxylic acids is 1. The fraction of sp³-hybridized carbons (Fsp3) is 0.625. The van der Waals surface area contributed by atoms with Gasteiger partial charge in [-0.25, -0.2) is 4.63 Å². The molecular weight excluding hydrogens is 200 g/mol. The topological polar surface area (TPSA) is 103 Å². The first-order valence-electron chi connectivity index (χ1n) is 4.69. The van der Waals surface area contributed by atoms with E-state index in [2.05, 4.69) is 20.3 Å². The standard InChI is InChI=1S/C8H14N4O3/c1-2-14-5-3-4-10-8(13)6-7(9)12-15-11-6/h2-5H2,1H3,(H2,9,12)(H,10,13). The Kier molecular flexibility index (Phi) is 4.55. The van der Waals surface area contributed by atoms with Crippen molar-refractivity contribution in [2.24, 2.45) is 0 Å². The molecule has 0 aliphatic rings. The van der Waals surface area contributed by atoms with E-state index in [0.29, 0.717) is 19.8 Å². The molecule has 0 spiro atoms. The fourth-order valence-electron chi connectivity index (χ4n) is 0.957. The fourth-order valence-corrected chi connectivity index (χ4v) is 0.957. The van der Waals surface area contributed by atoms with Crippen LogP contribution >= 0.6 is 0 Å². The minimum Gasteiger partial charge on any atom is -0.382 e. The summed E-state index contributed by atoms with van der Waals surface area (Å²) in [6.45, 7) is 3.71. The Labute approximate surface area is 86.9 Å². The Morgan fingerprint density at radius 2 is 2.40 bits per heavy atom. The molecule has 1 amide bonds. The number of hydrogen-bond acceptors (Lipinski definition) is 6. The molecule has 0 aliphatic carbocycles. The second kappa shape index (κ2) is 5.97. The number of aromatic nitrogens is 2. The van der Waals surface area contributed by atoms with Crippen molar-refractivity contribution in [3.05, 3.63) is 5.69 Å². The molecule has 1 rings (SSSR count). The lowest BCUT2D eigenvalue weighted by molar-refractivity contribution is 0.0935. The van der Waals surface area contributed by atoms with Gasteiger partial charge >= 0.3 is 0 Å². The van der Waals surface area contributed by atoms with Crippen LogP contribution in [0, 0.1) is 0 Å². The number of ether oxygens (including phenoxy) is 1. The van der Waals surface area contributed by atoms with Gasteiger partial charge in [-0.1, -0.05) is 0 Å². The number of anilines is 1. The maximum absolute atomic E-state index is 11.4. The van der Waals surface area contributed by atoms with Gasteiger partial charge in [0.25, 0.3) is 5.91 Å². The smallest absolute Gasteiger partial charge is 0.277 e. The van der Waals surface area contributed by atoms with E-state index in [0.717, 1.165) is 6.42 Å². The van der Waals surface area contributed by atoms with Gasteiger partial charge in [-0.05, 0) is 23.7 Å². The number of nitrogens with one attached hydrogen (secondary N) is 1. The van der Waals surface area contributed by atoms with Crippen LogP contribution in [0.4, 0.5) is 5.82 Å². The van der Waals surface area contributed by atoms with E-state index >= 15 is 0 Å². The van der Waals surface area contributed by atoms with Crippen LogP contribution in [0.25, 0.3) is 0 Å². The molecule has 1 heterocycles. The van der Waals surface area contributed by atoms with Crippen LogP contribution in [0.5, 0.6) is 0 Å². The van der Waals surface area contributed by atoms with Gasteiger partial charge < -0.3 is 15.8 Å². The monoisotopic (exact) mass is 214 g/mol. The molecular formula is C8H14N4O3. The molecule has 0 aromatic carbocycles. The Hall–Kier alpha value is -1.63. The summed E-state index contributed by atoms with van der Waals surface area (Å²) in [5.41, 5.74) is 5.36. The number of nitrogens with two attached hydrogens (primary N) is 1. The zero-order chi connectivity index (χ0) is 11.1. The third-order valence-corrected chi connectivity index (χ3v) is 1.68. The Morgan fingerprint density at radius 3 is 3.00 bits per heavy atom. The highest BCUT2D eigenvalue weighted by Crippen LogP contribution is 2.02. The number of carbonyl (C=O) groups is 1. The predicted octanol–water partition coefficient (Wildman–Crippen LogP) is -0.192. The van der Waals surface area contributed by atoms with Gasteiger partial charge in [-0.3, -0.25) is 4.79 Å². The normalized spacial score (nSPS) is 10.2. The molecule has 0 aliphatic heterocycles. The van der Waals surface area contributed by atoms with Crippen molar-refractivity contribution in [2.75, 3.05) is 25.5 Å². The van der Waals surface area contributed by atoms with Crippen LogP contribution in [-0.4, -0.2) is 36.0 Å². The third kappa shape index (κ3) is 3.55. The zero-order valence-electron chi connectivity index (χ0n) is 8.52. The maximum atomic E-state index is 11.4. The summed E-state index contributed by atoms with van der Waals surface area (Å²) in [6.07, 6.45) is 0.741. The number of nitrogen functional groups attached to an aromatic ring is 1. The molecule has 1 aromatic rings. The van der Waals surface area contributed by atoms with Crippen LogP contribution < -0.4 is 11.1 Å².